The van der Waals surface area contributed by atoms with Crippen LogP contribution in [-0.4, -0.2) is 40.8 Å². The lowest BCUT2D eigenvalue weighted by Gasteiger charge is -2.13. The second-order valence-corrected chi connectivity index (χ2v) is 5.30. The number of aromatic nitrogens is 3. The molecule has 0 spiro atoms. The molecule has 0 atom stereocenters. The minimum atomic E-state index is -0.244. The first-order valence-electron chi connectivity index (χ1n) is 6.67. The first-order chi connectivity index (χ1) is 10.6. The highest BCUT2D eigenvalue weighted by molar-refractivity contribution is 6.29. The third-order valence-corrected chi connectivity index (χ3v) is 3.51. The second kappa shape index (κ2) is 5.73. The summed E-state index contributed by atoms with van der Waals surface area (Å²) in [6, 6.07) is 5.59. The molecule has 1 aromatic carbocycles. The van der Waals surface area contributed by atoms with Crippen LogP contribution in [0.3, 0.4) is 0 Å². The lowest BCUT2D eigenvalue weighted by Crippen LogP contribution is -2.12. The number of amides is 1. The summed E-state index contributed by atoms with van der Waals surface area (Å²) in [7, 11) is 3.83. The Kier molecular flexibility index (Phi) is 3.77. The van der Waals surface area contributed by atoms with Crippen molar-refractivity contribution in [3.05, 3.63) is 30.7 Å². The Balaban J connectivity index is 2.17. The van der Waals surface area contributed by atoms with Crippen molar-refractivity contribution in [2.24, 2.45) is 0 Å². The number of hydrogen-bond donors (Lipinski definition) is 1. The fraction of sp³-hybridized carbons (Fsp3) is 0.200. The van der Waals surface area contributed by atoms with E-state index >= 15 is 0 Å². The molecule has 2 aromatic heterocycles. The summed E-state index contributed by atoms with van der Waals surface area (Å²) in [6.45, 7) is 0. The van der Waals surface area contributed by atoms with Crippen LogP contribution in [0.4, 0.5) is 11.5 Å². The third-order valence-electron chi connectivity index (χ3n) is 3.27. The molecule has 6 nitrogen and oxygen atoms in total. The largest absolute Gasteiger partial charge is 0.361 e. The number of alkyl halides is 1. The van der Waals surface area contributed by atoms with Crippen LogP contribution in [0.1, 0.15) is 0 Å². The smallest absolute Gasteiger partial charge is 0.239 e. The Morgan fingerprint density at radius 3 is 2.77 bits per heavy atom. The minimum absolute atomic E-state index is 0.0760. The molecule has 22 heavy (non-hydrogen) atoms. The van der Waals surface area contributed by atoms with Gasteiger partial charge in [-0.1, -0.05) is 6.07 Å². The van der Waals surface area contributed by atoms with Crippen LogP contribution >= 0.6 is 11.6 Å². The summed E-state index contributed by atoms with van der Waals surface area (Å²) < 4.78 is 0. The first kappa shape index (κ1) is 14.5. The lowest BCUT2D eigenvalue weighted by atomic mass is 10.1. The zero-order valence-electron chi connectivity index (χ0n) is 12.2. The van der Waals surface area contributed by atoms with E-state index in [1.807, 2.05) is 37.2 Å². The fourth-order valence-corrected chi connectivity index (χ4v) is 2.37. The van der Waals surface area contributed by atoms with Gasteiger partial charge in [-0.3, -0.25) is 9.78 Å². The molecule has 3 rings (SSSR count). The van der Waals surface area contributed by atoms with Crippen molar-refractivity contribution >= 4 is 50.8 Å². The van der Waals surface area contributed by atoms with E-state index in [4.69, 9.17) is 11.6 Å². The van der Waals surface area contributed by atoms with Crippen LogP contribution in [0, 0.1) is 0 Å². The molecule has 0 unspecified atom stereocenters. The number of hydrogen-bond acceptors (Lipinski definition) is 5. The molecule has 0 saturated carbocycles. The first-order valence-corrected chi connectivity index (χ1v) is 7.20. The Bertz CT molecular complexity index is 865. The normalized spacial score (nSPS) is 10.9. The number of halogens is 1. The topological polar surface area (TPSA) is 71.0 Å². The van der Waals surface area contributed by atoms with E-state index in [-0.39, 0.29) is 11.8 Å². The molecule has 7 heteroatoms. The van der Waals surface area contributed by atoms with Crippen molar-refractivity contribution < 1.29 is 4.79 Å². The van der Waals surface area contributed by atoms with E-state index in [9.17, 15) is 4.79 Å². The fourth-order valence-electron chi connectivity index (χ4n) is 2.30. The Morgan fingerprint density at radius 2 is 2.05 bits per heavy atom. The summed E-state index contributed by atoms with van der Waals surface area (Å²) in [5.41, 5.74) is 2.21. The van der Waals surface area contributed by atoms with E-state index in [1.165, 1.54) is 6.33 Å². The molecule has 3 aromatic rings. The maximum atomic E-state index is 11.4. The van der Waals surface area contributed by atoms with Crippen molar-refractivity contribution in [2.75, 3.05) is 30.2 Å². The number of anilines is 2. The number of rotatable bonds is 3. The molecule has 0 aliphatic rings. The van der Waals surface area contributed by atoms with Gasteiger partial charge in [0.15, 0.2) is 5.82 Å². The average Bonchev–Trinajstić information content (AvgIpc) is 2.53. The van der Waals surface area contributed by atoms with Crippen LogP contribution in [0.2, 0.25) is 0 Å². The molecule has 1 amide bonds. The van der Waals surface area contributed by atoms with Gasteiger partial charge in [-0.25, -0.2) is 9.97 Å². The number of pyridine rings is 1. The predicted octanol–water partition coefficient (Wildman–Crippen LogP) is 2.42. The maximum Gasteiger partial charge on any atom is 0.239 e. The van der Waals surface area contributed by atoms with Gasteiger partial charge < -0.3 is 10.2 Å². The van der Waals surface area contributed by atoms with E-state index in [0.29, 0.717) is 5.69 Å². The predicted molar refractivity (Wildman–Crippen MR) is 88.5 cm³/mol. The molecule has 0 aliphatic heterocycles. The lowest BCUT2D eigenvalue weighted by molar-refractivity contribution is -0.113. The number of carbonyl (C=O) groups is 1. The monoisotopic (exact) mass is 315 g/mol. The van der Waals surface area contributed by atoms with E-state index in [2.05, 4.69) is 20.3 Å². The van der Waals surface area contributed by atoms with Crippen molar-refractivity contribution in [1.82, 2.24) is 15.0 Å². The van der Waals surface area contributed by atoms with Gasteiger partial charge in [0.25, 0.3) is 0 Å². The molecule has 2 heterocycles. The van der Waals surface area contributed by atoms with Gasteiger partial charge in [-0.15, -0.1) is 11.6 Å². The van der Waals surface area contributed by atoms with Crippen LogP contribution < -0.4 is 10.2 Å². The van der Waals surface area contributed by atoms with Crippen molar-refractivity contribution in [3.8, 4) is 0 Å². The van der Waals surface area contributed by atoms with Crippen LogP contribution in [-0.2, 0) is 4.79 Å². The van der Waals surface area contributed by atoms with Gasteiger partial charge >= 0.3 is 0 Å². The average molecular weight is 316 g/mol. The molecule has 0 saturated heterocycles. The number of carbonyl (C=O) groups excluding carboxylic acids is 1. The van der Waals surface area contributed by atoms with Gasteiger partial charge in [-0.05, 0) is 12.1 Å². The van der Waals surface area contributed by atoms with Crippen LogP contribution in [0.5, 0.6) is 0 Å². The van der Waals surface area contributed by atoms with E-state index in [0.717, 1.165) is 27.6 Å². The van der Waals surface area contributed by atoms with Gasteiger partial charge in [-0.2, -0.15) is 0 Å². The molecular formula is C15H14ClN5O. The van der Waals surface area contributed by atoms with E-state index < -0.39 is 0 Å². The quantitative estimate of drug-likeness (QED) is 0.593. The van der Waals surface area contributed by atoms with E-state index in [1.54, 1.807) is 6.20 Å². The molecule has 0 aliphatic carbocycles. The van der Waals surface area contributed by atoms with Crippen LogP contribution in [0.15, 0.2) is 30.7 Å². The molecule has 0 radical (unpaired) electrons. The van der Waals surface area contributed by atoms with Gasteiger partial charge in [0.05, 0.1) is 0 Å². The highest BCUT2D eigenvalue weighted by atomic mass is 35.5. The standard InChI is InChI=1S/C15H14ClN5O/c1-21(2)15-14-13(18-8-19-15)11-4-3-10(20-12(22)6-16)5-9(11)7-17-14/h3-5,7-8H,6H2,1-2H3,(H,20,22). The number of nitrogens with zero attached hydrogens (tertiary/aromatic N) is 4. The number of fused-ring (bicyclic) bond motifs is 3. The zero-order chi connectivity index (χ0) is 15.7. The molecule has 1 N–H and O–H groups in total. The Morgan fingerprint density at radius 1 is 1.23 bits per heavy atom. The summed E-state index contributed by atoms with van der Waals surface area (Å²) in [5, 5.41) is 4.57. The van der Waals surface area contributed by atoms with Gasteiger partial charge in [0.2, 0.25) is 5.91 Å². The Labute approximate surface area is 132 Å². The van der Waals surface area contributed by atoms with Crippen molar-refractivity contribution in [1.29, 1.82) is 0 Å². The minimum Gasteiger partial charge on any atom is -0.361 e. The molecule has 112 valence electrons. The second-order valence-electron chi connectivity index (χ2n) is 5.03. The van der Waals surface area contributed by atoms with Crippen LogP contribution in [0.25, 0.3) is 21.8 Å². The number of benzene rings is 1. The van der Waals surface area contributed by atoms with Crippen molar-refractivity contribution in [3.63, 3.8) is 0 Å². The molecular weight excluding hydrogens is 302 g/mol. The molecule has 0 fully saturated rings. The zero-order valence-corrected chi connectivity index (χ0v) is 12.9. The van der Waals surface area contributed by atoms with Gasteiger partial charge in [0.1, 0.15) is 23.2 Å². The highest BCUT2D eigenvalue weighted by Crippen LogP contribution is 2.27. The highest BCUT2D eigenvalue weighted by Gasteiger charge is 2.11. The summed E-state index contributed by atoms with van der Waals surface area (Å²) in [4.78, 5) is 26.3. The summed E-state index contributed by atoms with van der Waals surface area (Å²) in [5.74, 6) is 0.450. The third kappa shape index (κ3) is 2.53. The SMILES string of the molecule is CN(C)c1ncnc2c1ncc1cc(NC(=O)CCl)ccc12. The van der Waals surface area contributed by atoms with Gasteiger partial charge in [0, 0.05) is 36.8 Å². The summed E-state index contributed by atoms with van der Waals surface area (Å²) in [6.07, 6.45) is 3.28. The van der Waals surface area contributed by atoms with Crippen molar-refractivity contribution in [2.45, 2.75) is 0 Å². The maximum absolute atomic E-state index is 11.4. The molecule has 0 bridgehead atoms. The Hall–Kier alpha value is -2.47. The summed E-state index contributed by atoms with van der Waals surface area (Å²) >= 11 is 5.50. The number of nitrogens with one attached hydrogen (secondary N) is 1.